The third-order valence-electron chi connectivity index (χ3n) is 2.63. The number of hydrogen-bond donors (Lipinski definition) is 0. The van der Waals surface area contributed by atoms with Gasteiger partial charge in [0.2, 0.25) is 0 Å². The quantitative estimate of drug-likeness (QED) is 0.781. The second kappa shape index (κ2) is 7.06. The van der Waals surface area contributed by atoms with Crippen LogP contribution in [0.4, 0.5) is 14.1 Å². The van der Waals surface area contributed by atoms with E-state index in [4.69, 9.17) is 0 Å². The molecule has 0 amide bonds. The molecule has 4 heteroatoms. The Morgan fingerprint density at radius 3 is 2.38 bits per heavy atom. The Balaban J connectivity index is 0. The Hall–Kier alpha value is -0.367. The van der Waals surface area contributed by atoms with Crippen LogP contribution < -0.4 is 0 Å². The monoisotopic (exact) mass is 307 g/mol. The third kappa shape index (κ3) is 3.07. The van der Waals surface area contributed by atoms with Gasteiger partial charge in [-0.05, 0) is 0 Å². The summed E-state index contributed by atoms with van der Waals surface area (Å²) < 4.78 is 0.387. The molecular formula is C12H16F3Zr. The van der Waals surface area contributed by atoms with E-state index in [2.05, 4.69) is 43.3 Å². The largest absolute Gasteiger partial charge is 0.269 e. The average molecular weight is 308 g/mol. The summed E-state index contributed by atoms with van der Waals surface area (Å²) in [6.07, 6.45) is 7.22. The molecule has 0 N–H and O–H groups in total. The first-order valence-electron chi connectivity index (χ1n) is 4.80. The molecule has 0 aromatic heterocycles. The van der Waals surface area contributed by atoms with E-state index in [1.165, 1.54) is 24.0 Å². The Kier molecular flexibility index (Phi) is 7.94. The van der Waals surface area contributed by atoms with Crippen molar-refractivity contribution in [1.82, 2.24) is 0 Å². The minimum absolute atomic E-state index is 0. The smallest absolute Gasteiger partial charge is 0.269 e. The van der Waals surface area contributed by atoms with Crippen LogP contribution in [0.5, 0.6) is 0 Å². The van der Waals surface area contributed by atoms with Crippen molar-refractivity contribution in [2.75, 3.05) is 0 Å². The fourth-order valence-corrected chi connectivity index (χ4v) is 3.36. The second-order valence-corrected chi connectivity index (χ2v) is 5.84. The zero-order chi connectivity index (χ0) is 9.31. The van der Waals surface area contributed by atoms with Crippen LogP contribution in [0.3, 0.4) is 0 Å². The molecule has 0 saturated heterocycles. The number of rotatable bonds is 2. The molecule has 1 aliphatic carbocycles. The fourth-order valence-electron chi connectivity index (χ4n) is 1.98. The van der Waals surface area contributed by atoms with Crippen LogP contribution in [0, 0.1) is 0 Å². The summed E-state index contributed by atoms with van der Waals surface area (Å²) in [5.74, 6) is 0. The van der Waals surface area contributed by atoms with Crippen molar-refractivity contribution in [2.45, 2.75) is 22.9 Å². The zero-order valence-electron chi connectivity index (χ0n) is 9.10. The van der Waals surface area contributed by atoms with Crippen LogP contribution in [0.25, 0.3) is 6.08 Å². The number of fused-ring (bicyclic) bond motifs is 1. The van der Waals surface area contributed by atoms with Crippen molar-refractivity contribution in [3.8, 4) is 0 Å². The van der Waals surface area contributed by atoms with E-state index in [1.54, 1.807) is 24.7 Å². The molecule has 0 fully saturated rings. The van der Waals surface area contributed by atoms with Crippen molar-refractivity contribution in [3.63, 3.8) is 0 Å². The molecule has 0 heterocycles. The van der Waals surface area contributed by atoms with Gasteiger partial charge in [-0.2, -0.15) is 0 Å². The van der Waals surface area contributed by atoms with Gasteiger partial charge in [0.15, 0.2) is 0 Å². The molecule has 1 aromatic carbocycles. The Morgan fingerprint density at radius 2 is 1.75 bits per heavy atom. The van der Waals surface area contributed by atoms with Gasteiger partial charge in [-0.3, -0.25) is 14.1 Å². The van der Waals surface area contributed by atoms with E-state index in [1.807, 2.05) is 0 Å². The molecule has 0 radical (unpaired) electrons. The summed E-state index contributed by atoms with van der Waals surface area (Å²) in [6.45, 7) is 2.26. The van der Waals surface area contributed by atoms with Crippen LogP contribution in [-0.4, -0.2) is 0 Å². The van der Waals surface area contributed by atoms with Crippen LogP contribution in [0.1, 0.15) is 30.9 Å². The molecule has 0 nitrogen and oxygen atoms in total. The maximum absolute atomic E-state index is 2.39. The molecule has 0 saturated carbocycles. The SMILES string of the molecule is CCC[C]1([Zr])C=Cc2ccccc21.F.F.F. The van der Waals surface area contributed by atoms with E-state index in [0.29, 0.717) is 3.12 Å². The topological polar surface area (TPSA) is 0 Å². The number of halogens is 3. The predicted molar refractivity (Wildman–Crippen MR) is 59.6 cm³/mol. The first kappa shape index (κ1) is 18.0. The molecule has 1 atom stereocenters. The van der Waals surface area contributed by atoms with Crippen molar-refractivity contribution < 1.29 is 38.8 Å². The van der Waals surface area contributed by atoms with Crippen molar-refractivity contribution in [3.05, 3.63) is 41.5 Å². The third-order valence-corrected chi connectivity index (χ3v) is 4.32. The standard InChI is InChI=1S/C12H13.3FH.Zr/c1-2-5-10-8-9-11-6-3-4-7-12(10)11;;;;/h3-4,6-9H,2,5H2,1H3;3*1H;. The van der Waals surface area contributed by atoms with Crippen LogP contribution in [-0.2, 0) is 27.8 Å². The van der Waals surface area contributed by atoms with E-state index in [-0.39, 0.29) is 14.1 Å². The van der Waals surface area contributed by atoms with Gasteiger partial charge in [0.25, 0.3) is 0 Å². The average Bonchev–Trinajstić information content (AvgIpc) is 2.46. The van der Waals surface area contributed by atoms with Gasteiger partial charge >= 0.3 is 95.2 Å². The molecule has 16 heavy (non-hydrogen) atoms. The molecular weight excluding hydrogens is 292 g/mol. The van der Waals surface area contributed by atoms with Gasteiger partial charge < -0.3 is 0 Å². The van der Waals surface area contributed by atoms with E-state index < -0.39 is 0 Å². The van der Waals surface area contributed by atoms with E-state index in [0.717, 1.165) is 0 Å². The van der Waals surface area contributed by atoms with Gasteiger partial charge in [0, 0.05) is 0 Å². The number of allylic oxidation sites excluding steroid dienone is 1. The van der Waals surface area contributed by atoms with Crippen LogP contribution >= 0.6 is 0 Å². The van der Waals surface area contributed by atoms with Crippen LogP contribution in [0.15, 0.2) is 30.3 Å². The van der Waals surface area contributed by atoms with Gasteiger partial charge in [-0.25, -0.2) is 0 Å². The van der Waals surface area contributed by atoms with Crippen molar-refractivity contribution in [1.29, 1.82) is 0 Å². The Bertz CT molecular complexity index is 352. The molecule has 0 bridgehead atoms. The van der Waals surface area contributed by atoms with Gasteiger partial charge in [0.1, 0.15) is 0 Å². The zero-order valence-corrected chi connectivity index (χ0v) is 11.6. The first-order chi connectivity index (χ1) is 6.26. The molecule has 1 aliphatic rings. The molecule has 0 aliphatic heterocycles. The normalized spacial score (nSPS) is 20.0. The summed E-state index contributed by atoms with van der Waals surface area (Å²) in [4.78, 5) is 0. The van der Waals surface area contributed by atoms with Crippen LogP contribution in [0.2, 0.25) is 0 Å². The molecule has 89 valence electrons. The molecule has 0 spiro atoms. The summed E-state index contributed by atoms with van der Waals surface area (Å²) in [5, 5.41) is 0. The summed E-state index contributed by atoms with van der Waals surface area (Å²) >= 11 is 1.62. The molecule has 2 rings (SSSR count). The Labute approximate surface area is 109 Å². The van der Waals surface area contributed by atoms with Gasteiger partial charge in [0.05, 0.1) is 0 Å². The minimum Gasteiger partial charge on any atom is -0.269 e. The summed E-state index contributed by atoms with van der Waals surface area (Å²) in [5.41, 5.74) is 2.96. The molecule has 1 unspecified atom stereocenters. The van der Waals surface area contributed by atoms with Crippen molar-refractivity contribution in [2.24, 2.45) is 0 Å². The number of benzene rings is 1. The second-order valence-electron chi connectivity index (χ2n) is 3.64. The summed E-state index contributed by atoms with van der Waals surface area (Å²) in [7, 11) is 0. The fraction of sp³-hybridized carbons (Fsp3) is 0.333. The van der Waals surface area contributed by atoms with Gasteiger partial charge in [-0.1, -0.05) is 0 Å². The minimum atomic E-state index is 0. The van der Waals surface area contributed by atoms with Crippen molar-refractivity contribution >= 4 is 6.08 Å². The first-order valence-corrected chi connectivity index (χ1v) is 6.03. The predicted octanol–water partition coefficient (Wildman–Crippen LogP) is 3.71. The maximum Gasteiger partial charge on any atom is -0.269 e. The Morgan fingerprint density at radius 1 is 1.12 bits per heavy atom. The number of hydrogen-bond acceptors (Lipinski definition) is 0. The van der Waals surface area contributed by atoms with E-state index in [9.17, 15) is 0 Å². The summed E-state index contributed by atoms with van der Waals surface area (Å²) in [6, 6.07) is 8.77. The molecule has 1 aromatic rings. The van der Waals surface area contributed by atoms with E-state index >= 15 is 0 Å². The van der Waals surface area contributed by atoms with Gasteiger partial charge in [-0.15, -0.1) is 0 Å². The maximum atomic E-state index is 2.39.